The first-order valence-electron chi connectivity index (χ1n) is 10.8. The number of halogens is 1. The molecule has 3 aromatic rings. The Balaban J connectivity index is 1.38. The Bertz CT molecular complexity index is 1130. The van der Waals surface area contributed by atoms with Gasteiger partial charge in [-0.1, -0.05) is 22.8 Å². The van der Waals surface area contributed by atoms with Crippen molar-refractivity contribution in [2.75, 3.05) is 32.6 Å². The molecule has 0 saturated carbocycles. The molecule has 0 aliphatic carbocycles. The average molecular weight is 471 g/mol. The number of hydrogen-bond acceptors (Lipinski definition) is 7. The number of likely N-dealkylation sites (tertiary alicyclic amines) is 1. The SMILES string of the molecule is COc1ccc(-c2noc(CN3CCC[C@H](C(=O)Nc4ccc(C)c(Cl)c4)C3)n2)cc1OC. The van der Waals surface area contributed by atoms with Gasteiger partial charge in [0, 0.05) is 22.8 Å². The van der Waals surface area contributed by atoms with E-state index in [4.69, 9.17) is 25.6 Å². The largest absolute Gasteiger partial charge is 0.493 e. The number of carbonyl (C=O) groups is 1. The van der Waals surface area contributed by atoms with Crippen LogP contribution in [0.5, 0.6) is 11.5 Å². The van der Waals surface area contributed by atoms with E-state index in [1.165, 1.54) is 0 Å². The fourth-order valence-electron chi connectivity index (χ4n) is 3.93. The third kappa shape index (κ3) is 5.46. The Morgan fingerprint density at radius 1 is 1.21 bits per heavy atom. The van der Waals surface area contributed by atoms with Crippen LogP contribution in [-0.4, -0.2) is 48.3 Å². The third-order valence-electron chi connectivity index (χ3n) is 5.78. The number of carbonyl (C=O) groups excluding carboxylic acids is 1. The predicted octanol–water partition coefficient (Wildman–Crippen LogP) is 4.57. The number of hydrogen-bond donors (Lipinski definition) is 1. The Hall–Kier alpha value is -3.10. The first-order valence-corrected chi connectivity index (χ1v) is 11.2. The number of piperidine rings is 1. The number of rotatable bonds is 7. The van der Waals surface area contributed by atoms with Crippen molar-refractivity contribution in [1.82, 2.24) is 15.0 Å². The molecular weight excluding hydrogens is 444 g/mol. The lowest BCUT2D eigenvalue weighted by molar-refractivity contribution is -0.121. The summed E-state index contributed by atoms with van der Waals surface area (Å²) < 4.78 is 16.1. The highest BCUT2D eigenvalue weighted by molar-refractivity contribution is 6.31. The van der Waals surface area contributed by atoms with Crippen molar-refractivity contribution in [2.24, 2.45) is 5.92 Å². The maximum atomic E-state index is 12.8. The predicted molar refractivity (Wildman–Crippen MR) is 126 cm³/mol. The minimum absolute atomic E-state index is 0.00355. The van der Waals surface area contributed by atoms with Gasteiger partial charge in [0.05, 0.1) is 26.7 Å². The summed E-state index contributed by atoms with van der Waals surface area (Å²) in [5.41, 5.74) is 2.46. The molecule has 1 aromatic heterocycles. The number of ether oxygens (including phenoxy) is 2. The van der Waals surface area contributed by atoms with Crippen LogP contribution >= 0.6 is 11.6 Å². The molecule has 33 heavy (non-hydrogen) atoms. The maximum Gasteiger partial charge on any atom is 0.241 e. The van der Waals surface area contributed by atoms with Crippen LogP contribution < -0.4 is 14.8 Å². The van der Waals surface area contributed by atoms with Crippen molar-refractivity contribution in [3.8, 4) is 22.9 Å². The van der Waals surface area contributed by atoms with Gasteiger partial charge in [-0.3, -0.25) is 9.69 Å². The molecule has 9 heteroatoms. The zero-order valence-corrected chi connectivity index (χ0v) is 19.7. The van der Waals surface area contributed by atoms with E-state index in [0.717, 1.165) is 30.5 Å². The topological polar surface area (TPSA) is 89.7 Å². The average Bonchev–Trinajstić information content (AvgIpc) is 3.29. The Morgan fingerprint density at radius 2 is 2.03 bits per heavy atom. The minimum atomic E-state index is -0.118. The molecule has 0 unspecified atom stereocenters. The zero-order chi connectivity index (χ0) is 23.4. The van der Waals surface area contributed by atoms with Gasteiger partial charge in [0.25, 0.3) is 0 Å². The number of amides is 1. The molecule has 1 aliphatic rings. The number of nitrogens with one attached hydrogen (secondary N) is 1. The second-order valence-corrected chi connectivity index (χ2v) is 8.52. The maximum absolute atomic E-state index is 12.8. The fraction of sp³-hybridized carbons (Fsp3) is 0.375. The molecule has 8 nitrogen and oxygen atoms in total. The lowest BCUT2D eigenvalue weighted by Gasteiger charge is -2.30. The molecule has 4 rings (SSSR count). The number of nitrogens with zero attached hydrogens (tertiary/aromatic N) is 3. The van der Waals surface area contributed by atoms with Gasteiger partial charge in [0.1, 0.15) is 0 Å². The molecule has 1 fully saturated rings. The summed E-state index contributed by atoms with van der Waals surface area (Å²) in [6.07, 6.45) is 1.76. The summed E-state index contributed by atoms with van der Waals surface area (Å²) in [6.45, 7) is 3.91. The monoisotopic (exact) mass is 470 g/mol. The van der Waals surface area contributed by atoms with Crippen molar-refractivity contribution in [1.29, 1.82) is 0 Å². The van der Waals surface area contributed by atoms with Gasteiger partial charge >= 0.3 is 0 Å². The standard InChI is InChI=1S/C24H27ClN4O4/c1-15-6-8-18(12-19(15)25)26-24(30)17-5-4-10-29(13-17)14-22-27-23(28-33-22)16-7-9-20(31-2)21(11-16)32-3/h6-9,11-12,17H,4-5,10,13-14H2,1-3H3,(H,26,30)/t17-/m0/s1. The second kappa shape index (κ2) is 10.2. The molecule has 0 spiro atoms. The molecule has 174 valence electrons. The van der Waals surface area contributed by atoms with Gasteiger partial charge in [-0.25, -0.2) is 0 Å². The minimum Gasteiger partial charge on any atom is -0.493 e. The molecule has 1 N–H and O–H groups in total. The van der Waals surface area contributed by atoms with Crippen molar-refractivity contribution in [3.05, 3.63) is 52.9 Å². The van der Waals surface area contributed by atoms with E-state index in [1.807, 2.05) is 31.2 Å². The molecule has 1 amide bonds. The molecule has 1 atom stereocenters. The number of aromatic nitrogens is 2. The van der Waals surface area contributed by atoms with Crippen LogP contribution in [0.2, 0.25) is 5.02 Å². The molecule has 0 radical (unpaired) electrons. The summed E-state index contributed by atoms with van der Waals surface area (Å²) in [5, 5.41) is 7.73. The molecule has 1 aliphatic heterocycles. The van der Waals surface area contributed by atoms with Gasteiger partial charge in [-0.2, -0.15) is 4.98 Å². The van der Waals surface area contributed by atoms with Crippen molar-refractivity contribution >= 4 is 23.2 Å². The van der Waals surface area contributed by atoms with Crippen LogP contribution in [0.3, 0.4) is 0 Å². The van der Waals surface area contributed by atoms with Crippen LogP contribution in [0, 0.1) is 12.8 Å². The van der Waals surface area contributed by atoms with Gasteiger partial charge in [0.2, 0.25) is 17.6 Å². The smallest absolute Gasteiger partial charge is 0.241 e. The number of benzene rings is 2. The summed E-state index contributed by atoms with van der Waals surface area (Å²) in [4.78, 5) is 19.5. The number of anilines is 1. The normalized spacial score (nSPS) is 16.4. The fourth-order valence-corrected chi connectivity index (χ4v) is 4.11. The highest BCUT2D eigenvalue weighted by atomic mass is 35.5. The van der Waals surface area contributed by atoms with Gasteiger partial charge in [-0.15, -0.1) is 0 Å². The summed E-state index contributed by atoms with van der Waals surface area (Å²) in [5.74, 6) is 2.10. The lowest BCUT2D eigenvalue weighted by atomic mass is 9.97. The van der Waals surface area contributed by atoms with Crippen molar-refractivity contribution in [2.45, 2.75) is 26.3 Å². The first-order chi connectivity index (χ1) is 16.0. The van der Waals surface area contributed by atoms with Crippen LogP contribution in [0.1, 0.15) is 24.3 Å². The van der Waals surface area contributed by atoms with E-state index in [0.29, 0.717) is 47.0 Å². The Morgan fingerprint density at radius 3 is 2.79 bits per heavy atom. The van der Waals surface area contributed by atoms with Crippen LogP contribution in [0.4, 0.5) is 5.69 Å². The first kappa shape index (κ1) is 23.1. The van der Waals surface area contributed by atoms with E-state index in [1.54, 1.807) is 26.4 Å². The van der Waals surface area contributed by atoms with Crippen LogP contribution in [-0.2, 0) is 11.3 Å². The van der Waals surface area contributed by atoms with E-state index in [-0.39, 0.29) is 11.8 Å². The quantitative estimate of drug-likeness (QED) is 0.541. The molecule has 2 aromatic carbocycles. The summed E-state index contributed by atoms with van der Waals surface area (Å²) in [7, 11) is 3.17. The molecular formula is C24H27ClN4O4. The number of aryl methyl sites for hydroxylation is 1. The van der Waals surface area contributed by atoms with Crippen LogP contribution in [0.15, 0.2) is 40.9 Å². The van der Waals surface area contributed by atoms with Gasteiger partial charge in [0.15, 0.2) is 11.5 Å². The highest BCUT2D eigenvalue weighted by Gasteiger charge is 2.27. The molecule has 0 bridgehead atoms. The van der Waals surface area contributed by atoms with E-state index < -0.39 is 0 Å². The van der Waals surface area contributed by atoms with Gasteiger partial charge in [-0.05, 0) is 62.2 Å². The summed E-state index contributed by atoms with van der Waals surface area (Å²) in [6, 6.07) is 11.0. The molecule has 2 heterocycles. The second-order valence-electron chi connectivity index (χ2n) is 8.11. The summed E-state index contributed by atoms with van der Waals surface area (Å²) >= 11 is 6.18. The molecule has 1 saturated heterocycles. The number of methoxy groups -OCH3 is 2. The Labute approximate surface area is 197 Å². The van der Waals surface area contributed by atoms with Crippen molar-refractivity contribution < 1.29 is 18.8 Å². The van der Waals surface area contributed by atoms with Crippen LogP contribution in [0.25, 0.3) is 11.4 Å². The van der Waals surface area contributed by atoms with E-state index >= 15 is 0 Å². The zero-order valence-electron chi connectivity index (χ0n) is 18.9. The Kier molecular flexibility index (Phi) is 7.15. The van der Waals surface area contributed by atoms with E-state index in [9.17, 15) is 4.79 Å². The lowest BCUT2D eigenvalue weighted by Crippen LogP contribution is -2.40. The van der Waals surface area contributed by atoms with Crippen molar-refractivity contribution in [3.63, 3.8) is 0 Å². The van der Waals surface area contributed by atoms with E-state index in [2.05, 4.69) is 20.4 Å². The third-order valence-corrected chi connectivity index (χ3v) is 6.19. The highest BCUT2D eigenvalue weighted by Crippen LogP contribution is 2.31. The van der Waals surface area contributed by atoms with Gasteiger partial charge < -0.3 is 19.3 Å².